The largest absolute Gasteiger partial charge is 0.477 e. The van der Waals surface area contributed by atoms with E-state index in [-0.39, 0.29) is 24.1 Å². The van der Waals surface area contributed by atoms with E-state index in [4.69, 9.17) is 11.6 Å². The first-order chi connectivity index (χ1) is 12.4. The summed E-state index contributed by atoms with van der Waals surface area (Å²) in [6.07, 6.45) is 3.39. The van der Waals surface area contributed by atoms with E-state index in [0.29, 0.717) is 17.1 Å². The average molecular weight is 373 g/mol. The number of nitrogens with zero attached hydrogens (tertiary/aromatic N) is 2. The van der Waals surface area contributed by atoms with Gasteiger partial charge in [0.1, 0.15) is 11.2 Å². The number of aromatic carboxylic acids is 1. The van der Waals surface area contributed by atoms with E-state index in [1.807, 2.05) is 25.1 Å². The minimum absolute atomic E-state index is 0.150. The van der Waals surface area contributed by atoms with Crippen molar-refractivity contribution >= 4 is 28.6 Å². The lowest BCUT2D eigenvalue weighted by atomic mass is 10.0. The highest BCUT2D eigenvalue weighted by molar-refractivity contribution is 6.31. The van der Waals surface area contributed by atoms with Crippen LogP contribution in [0.4, 0.5) is 0 Å². The molecule has 0 saturated carbocycles. The lowest BCUT2D eigenvalue weighted by Crippen LogP contribution is -2.20. The molecular weight excluding hydrogens is 356 g/mol. The molecule has 134 valence electrons. The molecule has 0 radical (unpaired) electrons. The number of hydrogen-bond acceptors (Lipinski definition) is 4. The first-order valence-corrected chi connectivity index (χ1v) is 8.40. The zero-order valence-electron chi connectivity index (χ0n) is 14.1. The van der Waals surface area contributed by atoms with Gasteiger partial charge in [-0.1, -0.05) is 23.7 Å². The van der Waals surface area contributed by atoms with E-state index in [2.05, 4.69) is 4.98 Å². The monoisotopic (exact) mass is 372 g/mol. The quantitative estimate of drug-likeness (QED) is 0.718. The Kier molecular flexibility index (Phi) is 5.06. The smallest absolute Gasteiger partial charge is 0.341 e. The summed E-state index contributed by atoms with van der Waals surface area (Å²) in [7, 11) is 0. The topological polar surface area (TPSA) is 92.4 Å². The summed E-state index contributed by atoms with van der Waals surface area (Å²) in [5.74, 6) is -1.31. The van der Waals surface area contributed by atoms with Gasteiger partial charge in [-0.15, -0.1) is 0 Å². The normalized spacial score (nSPS) is 11.0. The predicted octanol–water partition coefficient (Wildman–Crippen LogP) is 2.64. The van der Waals surface area contributed by atoms with Crippen molar-refractivity contribution in [3.63, 3.8) is 0 Å². The molecule has 0 saturated heterocycles. The summed E-state index contributed by atoms with van der Waals surface area (Å²) >= 11 is 6.15. The molecule has 0 amide bonds. The van der Waals surface area contributed by atoms with E-state index in [0.717, 1.165) is 16.7 Å². The zero-order valence-corrected chi connectivity index (χ0v) is 14.8. The van der Waals surface area contributed by atoms with Crippen molar-refractivity contribution in [2.24, 2.45) is 0 Å². The minimum atomic E-state index is -1.31. The van der Waals surface area contributed by atoms with Crippen LogP contribution in [0.15, 0.2) is 41.5 Å². The Morgan fingerprint density at radius 2 is 2.12 bits per heavy atom. The summed E-state index contributed by atoms with van der Waals surface area (Å²) in [6, 6.07) is 7.27. The number of pyridine rings is 2. The van der Waals surface area contributed by atoms with E-state index in [1.165, 1.54) is 10.8 Å². The van der Waals surface area contributed by atoms with Crippen LogP contribution < -0.4 is 5.43 Å². The van der Waals surface area contributed by atoms with Crippen LogP contribution in [0.25, 0.3) is 11.0 Å². The number of halogens is 1. The van der Waals surface area contributed by atoms with Crippen LogP contribution in [0.3, 0.4) is 0 Å². The van der Waals surface area contributed by atoms with Crippen LogP contribution in [0.1, 0.15) is 27.0 Å². The molecule has 0 aliphatic carbocycles. The number of carbonyl (C=O) groups is 1. The van der Waals surface area contributed by atoms with Gasteiger partial charge in [-0.25, -0.2) is 9.78 Å². The Bertz CT molecular complexity index is 1060. The molecule has 2 heterocycles. The number of fused-ring (bicyclic) bond motifs is 1. The van der Waals surface area contributed by atoms with E-state index in [1.54, 1.807) is 12.3 Å². The first kappa shape index (κ1) is 18.1. The minimum Gasteiger partial charge on any atom is -0.477 e. The van der Waals surface area contributed by atoms with Crippen LogP contribution in [0.2, 0.25) is 5.02 Å². The van der Waals surface area contributed by atoms with Gasteiger partial charge in [-0.3, -0.25) is 4.79 Å². The molecule has 0 aliphatic heterocycles. The van der Waals surface area contributed by atoms with Gasteiger partial charge >= 0.3 is 5.97 Å². The van der Waals surface area contributed by atoms with Gasteiger partial charge in [0.15, 0.2) is 0 Å². The molecule has 3 rings (SSSR count). The van der Waals surface area contributed by atoms with Crippen LogP contribution in [-0.4, -0.2) is 32.3 Å². The fourth-order valence-corrected chi connectivity index (χ4v) is 3.10. The third kappa shape index (κ3) is 3.34. The Balaban J connectivity index is 2.15. The van der Waals surface area contributed by atoms with Crippen LogP contribution in [0.5, 0.6) is 0 Å². The van der Waals surface area contributed by atoms with Crippen LogP contribution in [-0.2, 0) is 13.0 Å². The molecule has 1 aromatic carbocycles. The summed E-state index contributed by atoms with van der Waals surface area (Å²) < 4.78 is 1.48. The van der Waals surface area contributed by atoms with Gasteiger partial charge in [-0.05, 0) is 42.2 Å². The lowest BCUT2D eigenvalue weighted by molar-refractivity contribution is 0.0694. The lowest BCUT2D eigenvalue weighted by Gasteiger charge is -2.12. The molecule has 3 aromatic rings. The Morgan fingerprint density at radius 3 is 2.81 bits per heavy atom. The molecule has 0 aliphatic rings. The second kappa shape index (κ2) is 7.27. The van der Waals surface area contributed by atoms with Crippen molar-refractivity contribution in [3.05, 3.63) is 74.2 Å². The fourth-order valence-electron chi connectivity index (χ4n) is 2.91. The van der Waals surface area contributed by atoms with Gasteiger partial charge in [0.2, 0.25) is 5.43 Å². The highest BCUT2D eigenvalue weighted by Crippen LogP contribution is 2.22. The van der Waals surface area contributed by atoms with Crippen molar-refractivity contribution in [2.75, 3.05) is 6.61 Å². The number of hydrogen-bond donors (Lipinski definition) is 2. The van der Waals surface area contributed by atoms with Gasteiger partial charge in [0, 0.05) is 24.0 Å². The molecule has 0 unspecified atom stereocenters. The summed E-state index contributed by atoms with van der Waals surface area (Å²) in [5.41, 5.74) is 2.15. The molecule has 0 fully saturated rings. The molecule has 0 atom stereocenters. The second-order valence-corrected chi connectivity index (χ2v) is 6.42. The van der Waals surface area contributed by atoms with E-state index in [9.17, 15) is 19.8 Å². The molecule has 26 heavy (non-hydrogen) atoms. The molecule has 0 bridgehead atoms. The summed E-state index contributed by atoms with van der Waals surface area (Å²) in [5, 5.41) is 19.4. The van der Waals surface area contributed by atoms with Crippen LogP contribution >= 0.6 is 11.6 Å². The maximum atomic E-state index is 12.5. The molecule has 0 spiro atoms. The highest BCUT2D eigenvalue weighted by Gasteiger charge is 2.16. The predicted molar refractivity (Wildman–Crippen MR) is 99.0 cm³/mol. The number of carboxylic acids is 1. The van der Waals surface area contributed by atoms with E-state index < -0.39 is 11.4 Å². The van der Waals surface area contributed by atoms with Gasteiger partial charge in [-0.2, -0.15) is 0 Å². The SMILES string of the molecule is Cc1c(Cl)cccc1Cc1cnc2c(c1)c(=O)c(C(=O)O)cn2CCO. The number of benzene rings is 1. The zero-order chi connectivity index (χ0) is 18.8. The molecular formula is C19H17ClN2O4. The number of aliphatic hydroxyl groups is 1. The number of aliphatic hydroxyl groups excluding tert-OH is 1. The van der Waals surface area contributed by atoms with Crippen molar-refractivity contribution in [2.45, 2.75) is 19.9 Å². The second-order valence-electron chi connectivity index (χ2n) is 6.01. The Labute approximate surface area is 154 Å². The van der Waals surface area contributed by atoms with Crippen molar-refractivity contribution in [3.8, 4) is 0 Å². The van der Waals surface area contributed by atoms with Crippen molar-refractivity contribution in [1.29, 1.82) is 0 Å². The maximum absolute atomic E-state index is 12.5. The van der Waals surface area contributed by atoms with Gasteiger partial charge in [0.05, 0.1) is 12.0 Å². The number of carboxylic acid groups (broad SMARTS) is 1. The highest BCUT2D eigenvalue weighted by atomic mass is 35.5. The molecule has 6 nitrogen and oxygen atoms in total. The summed E-state index contributed by atoms with van der Waals surface area (Å²) in [6.45, 7) is 1.88. The molecule has 2 N–H and O–H groups in total. The third-order valence-electron chi connectivity index (χ3n) is 4.32. The van der Waals surface area contributed by atoms with Crippen LogP contribution in [0, 0.1) is 6.92 Å². The maximum Gasteiger partial charge on any atom is 0.341 e. The number of aromatic nitrogens is 2. The first-order valence-electron chi connectivity index (χ1n) is 8.02. The third-order valence-corrected chi connectivity index (χ3v) is 4.72. The molecule has 7 heteroatoms. The van der Waals surface area contributed by atoms with Gasteiger partial charge < -0.3 is 14.8 Å². The average Bonchev–Trinajstić information content (AvgIpc) is 2.61. The number of rotatable bonds is 5. The van der Waals surface area contributed by atoms with Gasteiger partial charge in [0.25, 0.3) is 0 Å². The van der Waals surface area contributed by atoms with Crippen molar-refractivity contribution < 1.29 is 15.0 Å². The Morgan fingerprint density at radius 1 is 1.35 bits per heavy atom. The van der Waals surface area contributed by atoms with E-state index >= 15 is 0 Å². The molecule has 2 aromatic heterocycles. The fraction of sp³-hybridized carbons (Fsp3) is 0.211. The van der Waals surface area contributed by atoms with Crippen molar-refractivity contribution in [1.82, 2.24) is 9.55 Å². The summed E-state index contributed by atoms with van der Waals surface area (Å²) in [4.78, 5) is 28.2. The standard InChI is InChI=1S/C19H17ClN2O4/c1-11-13(3-2-4-16(11)20)7-12-8-14-17(24)15(19(25)26)10-22(5-6-23)18(14)21-9-12/h2-4,8-10,23H,5-7H2,1H3,(H,25,26). The Hall–Kier alpha value is -2.70.